The predicted octanol–water partition coefficient (Wildman–Crippen LogP) is 5.28. The zero-order chi connectivity index (χ0) is 34.8. The van der Waals surface area contributed by atoms with E-state index >= 15 is 0 Å². The number of hydrogen-bond acceptors (Lipinski definition) is 10. The lowest BCUT2D eigenvalue weighted by Gasteiger charge is -2.44. The van der Waals surface area contributed by atoms with Gasteiger partial charge in [0.2, 0.25) is 12.4 Å². The highest BCUT2D eigenvalue weighted by Crippen LogP contribution is 2.42. The number of benzene rings is 2. The zero-order valence-electron chi connectivity index (χ0n) is 26.8. The number of aromatic hydroxyl groups is 1. The van der Waals surface area contributed by atoms with E-state index in [9.17, 15) is 25.0 Å². The van der Waals surface area contributed by atoms with Gasteiger partial charge in [0.25, 0.3) is 0 Å². The first kappa shape index (κ1) is 34.6. The Morgan fingerprint density at radius 3 is 2.37 bits per heavy atom. The molecule has 2 aromatic heterocycles. The molecule has 49 heavy (non-hydrogen) atoms. The highest BCUT2D eigenvalue weighted by molar-refractivity contribution is 7.14. The Hall–Kier alpha value is -4.23. The van der Waals surface area contributed by atoms with Crippen molar-refractivity contribution in [1.29, 1.82) is 0 Å². The van der Waals surface area contributed by atoms with Crippen molar-refractivity contribution in [2.45, 2.75) is 37.8 Å². The summed E-state index contributed by atoms with van der Waals surface area (Å²) in [6, 6.07) is 13.4. The molecule has 0 saturated carbocycles. The third-order valence-electron chi connectivity index (χ3n) is 9.21. The smallest absolute Gasteiger partial charge is 0.415 e. The van der Waals surface area contributed by atoms with Crippen LogP contribution in [0.1, 0.15) is 50.0 Å². The number of phenolic OH excluding ortho intramolecular Hbond substituents is 1. The van der Waals surface area contributed by atoms with E-state index in [4.69, 9.17) is 37.4 Å². The number of aromatic nitrogens is 1. The number of anilines is 1. The van der Waals surface area contributed by atoms with E-state index in [1.807, 2.05) is 0 Å². The number of carboxylic acid groups (broad SMARTS) is 1. The fraction of sp³-hybridized carbons (Fsp3) is 0.343. The normalized spacial score (nSPS) is 18.9. The maximum atomic E-state index is 13.9. The van der Waals surface area contributed by atoms with E-state index in [1.165, 1.54) is 37.6 Å². The number of carbonyl (C=O) groups excluding carboxylic acids is 2. The number of carboxylic acids is 1. The lowest BCUT2D eigenvalue weighted by atomic mass is 9.85. The van der Waals surface area contributed by atoms with Crippen LogP contribution < -0.4 is 24.2 Å². The number of amides is 1. The lowest BCUT2D eigenvalue weighted by Crippen LogP contribution is -2.53. The molecule has 3 fully saturated rings. The monoisotopic (exact) mass is 727 g/mol. The molecule has 3 aliphatic rings. The van der Waals surface area contributed by atoms with Crippen LogP contribution in [0.5, 0.6) is 17.2 Å². The molecule has 1 amide bonds. The van der Waals surface area contributed by atoms with Crippen LogP contribution in [0.2, 0.25) is 10.0 Å². The van der Waals surface area contributed by atoms with Gasteiger partial charge in [0.05, 0.1) is 37.3 Å². The summed E-state index contributed by atoms with van der Waals surface area (Å²) in [6.45, 7) is 2.52. The van der Waals surface area contributed by atoms with Gasteiger partial charge in [0.15, 0.2) is 11.5 Å². The Kier molecular flexibility index (Phi) is 10.4. The van der Waals surface area contributed by atoms with E-state index in [1.54, 1.807) is 42.5 Å². The molecule has 2 aromatic carbocycles. The number of hydrogen-bond donors (Lipinski definition) is 2. The first-order valence-corrected chi connectivity index (χ1v) is 17.3. The number of piperidine rings is 3. The van der Waals surface area contributed by atoms with Crippen LogP contribution in [0, 0.1) is 5.92 Å². The minimum absolute atomic E-state index is 0.0572. The molecule has 0 aliphatic carbocycles. The summed E-state index contributed by atoms with van der Waals surface area (Å²) < 4.78 is 17.8. The first-order valence-electron chi connectivity index (χ1n) is 15.7. The molecule has 2 bridgehead atoms. The molecular weight excluding hydrogens is 693 g/mol. The van der Waals surface area contributed by atoms with Crippen molar-refractivity contribution in [3.8, 4) is 17.2 Å². The van der Waals surface area contributed by atoms with Gasteiger partial charge in [-0.15, -0.1) is 11.3 Å². The van der Waals surface area contributed by atoms with E-state index in [0.29, 0.717) is 39.6 Å². The summed E-state index contributed by atoms with van der Waals surface area (Å²) in [7, 11) is 3.01. The van der Waals surface area contributed by atoms with Crippen molar-refractivity contribution < 1.29 is 44.0 Å². The van der Waals surface area contributed by atoms with Gasteiger partial charge in [-0.3, -0.25) is 15.0 Å². The Bertz CT molecular complexity index is 1840. The highest BCUT2D eigenvalue weighted by atomic mass is 35.5. The minimum atomic E-state index is -1.40. The van der Waals surface area contributed by atoms with Crippen molar-refractivity contribution >= 4 is 52.3 Å². The van der Waals surface area contributed by atoms with Crippen molar-refractivity contribution in [3.05, 3.63) is 97.4 Å². The number of rotatable bonds is 11. The highest BCUT2D eigenvalue weighted by Gasteiger charge is 2.38. The largest absolute Gasteiger partial charge is 0.544 e. The molecule has 4 aromatic rings. The zero-order valence-corrected chi connectivity index (χ0v) is 29.1. The predicted molar refractivity (Wildman–Crippen MR) is 181 cm³/mol. The summed E-state index contributed by atoms with van der Waals surface area (Å²) >= 11 is 14.0. The van der Waals surface area contributed by atoms with Crippen molar-refractivity contribution in [2.24, 2.45) is 5.92 Å². The van der Waals surface area contributed by atoms with Gasteiger partial charge in [-0.1, -0.05) is 41.4 Å². The van der Waals surface area contributed by atoms with Crippen LogP contribution in [0.3, 0.4) is 0 Å². The number of nitrogens with zero attached hydrogens (tertiary/aromatic N) is 3. The quantitative estimate of drug-likeness (QED) is 0.156. The number of pyridine rings is 1. The van der Waals surface area contributed by atoms with Gasteiger partial charge in [0, 0.05) is 27.6 Å². The number of methoxy groups -OCH3 is 2. The van der Waals surface area contributed by atoms with Crippen LogP contribution in [0.4, 0.5) is 10.5 Å². The summed E-state index contributed by atoms with van der Waals surface area (Å²) in [5.74, 6) is -1.01. The standard InChI is InChI=1S/C35H35Cl2N3O8S/c1-46-30-8-7-21(13-31(30)47-2)23(15-25-26(36)17-39(45)18-27(25)37)24-14-22(49-33(24)34(42)43)16-40(28-5-3-4-6-29(28)41)35(44)48-32-19-38-11-9-20(32)10-12-38/h3-8,13-14,17-18,20,23,32H,9-12,15-16,19H2,1-2H3,(H2-,41,42,43,45)/t23-,32-/m0/s1. The number of fused-ring (bicyclic) bond motifs is 3. The minimum Gasteiger partial charge on any atom is -0.544 e. The molecule has 3 aliphatic heterocycles. The van der Waals surface area contributed by atoms with Crippen LogP contribution in [-0.2, 0) is 17.7 Å². The van der Waals surface area contributed by atoms with Gasteiger partial charge >= 0.3 is 6.09 Å². The third kappa shape index (κ3) is 7.37. The van der Waals surface area contributed by atoms with Crippen LogP contribution in [0.25, 0.3) is 0 Å². The number of halogens is 2. The van der Waals surface area contributed by atoms with Crippen LogP contribution >= 0.6 is 34.5 Å². The second kappa shape index (κ2) is 14.7. The van der Waals surface area contributed by atoms with Gasteiger partial charge in [-0.2, -0.15) is 0 Å². The molecule has 3 saturated heterocycles. The van der Waals surface area contributed by atoms with Crippen molar-refractivity contribution in [2.75, 3.05) is 38.8 Å². The number of para-hydroxylation sites is 2. The van der Waals surface area contributed by atoms with Crippen molar-refractivity contribution in [3.63, 3.8) is 0 Å². The second-order valence-corrected chi connectivity index (χ2v) is 14.1. The SMILES string of the molecule is COc1ccc([C@H](Cc2c(Cl)c[n+](O)cc2Cl)c2cc(CN(C(=O)O[C@H]3CN4CCC3CC4)c3ccccc3O)sc2C(=O)[O-])cc1OC. The average Bonchev–Trinajstić information content (AvgIpc) is 3.51. The summed E-state index contributed by atoms with van der Waals surface area (Å²) in [5, 5.41) is 33.9. The Morgan fingerprint density at radius 1 is 1.06 bits per heavy atom. The van der Waals surface area contributed by atoms with E-state index in [2.05, 4.69) is 4.90 Å². The Morgan fingerprint density at radius 2 is 1.76 bits per heavy atom. The third-order valence-corrected chi connectivity index (χ3v) is 11.0. The number of phenols is 1. The molecule has 7 rings (SSSR count). The lowest BCUT2D eigenvalue weighted by molar-refractivity contribution is -0.904. The van der Waals surface area contributed by atoms with Crippen LogP contribution in [-0.4, -0.2) is 67.2 Å². The molecular formula is C35H35Cl2N3O8S. The van der Waals surface area contributed by atoms with Gasteiger partial charge in [-0.05, 0) is 79.7 Å². The molecule has 5 heterocycles. The molecule has 0 spiro atoms. The molecule has 2 N–H and O–H groups in total. The molecule has 258 valence electrons. The molecule has 14 heteroatoms. The van der Waals surface area contributed by atoms with Crippen molar-refractivity contribution in [1.82, 2.24) is 4.90 Å². The first-order chi connectivity index (χ1) is 23.6. The van der Waals surface area contributed by atoms with E-state index in [-0.39, 0.29) is 51.3 Å². The van der Waals surface area contributed by atoms with E-state index < -0.39 is 18.0 Å². The van der Waals surface area contributed by atoms with Gasteiger partial charge < -0.3 is 29.2 Å². The number of carbonyl (C=O) groups is 2. The van der Waals surface area contributed by atoms with Gasteiger partial charge in [-0.25, -0.2) is 4.79 Å². The molecule has 2 atom stereocenters. The summed E-state index contributed by atoms with van der Waals surface area (Å²) in [5.41, 5.74) is 1.76. The van der Waals surface area contributed by atoms with Crippen LogP contribution in [0.15, 0.2) is 60.9 Å². The number of aromatic carboxylic acids is 1. The second-order valence-electron chi connectivity index (χ2n) is 12.1. The summed E-state index contributed by atoms with van der Waals surface area (Å²) in [4.78, 5) is 30.7. The summed E-state index contributed by atoms with van der Waals surface area (Å²) in [6.07, 6.45) is 3.69. The fourth-order valence-corrected chi connectivity index (χ4v) is 8.35. The van der Waals surface area contributed by atoms with Gasteiger partial charge in [0.1, 0.15) is 21.9 Å². The number of thiophene rings is 1. The Labute approximate surface area is 297 Å². The average molecular weight is 729 g/mol. The maximum Gasteiger partial charge on any atom is 0.415 e. The fourth-order valence-electron chi connectivity index (χ4n) is 6.70. The Balaban J connectivity index is 1.41. The maximum absolute atomic E-state index is 13.9. The van der Waals surface area contributed by atoms with E-state index in [0.717, 1.165) is 42.0 Å². The molecule has 11 nitrogen and oxygen atoms in total. The topological polar surface area (TPSA) is 136 Å². The molecule has 0 radical (unpaired) electrons. The molecule has 0 unspecified atom stereocenters. The number of ether oxygens (including phenoxy) is 3.